The molecule has 5 nitrogen and oxygen atoms in total. The Morgan fingerprint density at radius 3 is 2.83 bits per heavy atom. The number of aromatic amines is 1. The summed E-state index contributed by atoms with van der Waals surface area (Å²) >= 11 is 0. The van der Waals surface area contributed by atoms with Gasteiger partial charge in [0.05, 0.1) is 0 Å². The van der Waals surface area contributed by atoms with E-state index in [0.717, 1.165) is 5.52 Å². The largest absolute Gasteiger partial charge is 0.361 e. The molecule has 1 heterocycles. The molecule has 2 aromatic rings. The van der Waals surface area contributed by atoms with Crippen molar-refractivity contribution >= 4 is 16.9 Å². The maximum absolute atomic E-state index is 11.1. The summed E-state index contributed by atoms with van der Waals surface area (Å²) in [6.45, 7) is 4.68. The first kappa shape index (κ1) is 12.4. The molecule has 0 bridgehead atoms. The lowest BCUT2D eigenvalue weighted by Gasteiger charge is -2.24. The number of hydrogen-bond donors (Lipinski definition) is 4. The van der Waals surface area contributed by atoms with Gasteiger partial charge in [0, 0.05) is 29.1 Å². The number of H-pyrrole nitrogens is 1. The molecule has 96 valence electrons. The number of carbonyl (C=O) groups excluding carboxylic acids is 1. The maximum Gasteiger partial charge on any atom is 0.328 e. The molecule has 0 radical (unpaired) electrons. The van der Waals surface area contributed by atoms with E-state index in [0.29, 0.717) is 6.54 Å². The molecule has 0 fully saturated rings. The molecule has 0 saturated carbocycles. The van der Waals surface area contributed by atoms with Gasteiger partial charge in [-0.3, -0.25) is 5.43 Å². The highest BCUT2D eigenvalue weighted by atomic mass is 16.2. The summed E-state index contributed by atoms with van der Waals surface area (Å²) in [6.07, 6.45) is 1.99. The monoisotopic (exact) mass is 246 g/mol. The van der Waals surface area contributed by atoms with Gasteiger partial charge in [0.2, 0.25) is 0 Å². The second-order valence-corrected chi connectivity index (χ2v) is 4.96. The molecule has 2 amide bonds. The normalized spacial score (nSPS) is 11.5. The molecule has 5 N–H and O–H groups in total. The zero-order valence-corrected chi connectivity index (χ0v) is 10.6. The molecule has 0 unspecified atom stereocenters. The zero-order valence-electron chi connectivity index (χ0n) is 10.6. The minimum absolute atomic E-state index is 0.174. The van der Waals surface area contributed by atoms with Crippen molar-refractivity contribution in [1.82, 2.24) is 15.7 Å². The van der Waals surface area contributed by atoms with Gasteiger partial charge in [0.1, 0.15) is 0 Å². The van der Waals surface area contributed by atoms with Crippen molar-refractivity contribution in [1.29, 1.82) is 0 Å². The Morgan fingerprint density at radius 1 is 1.39 bits per heavy atom. The lowest BCUT2D eigenvalue weighted by atomic mass is 9.84. The maximum atomic E-state index is 11.1. The molecule has 0 atom stereocenters. The molecule has 1 aromatic carbocycles. The molecule has 1 aromatic heterocycles. The van der Waals surface area contributed by atoms with Gasteiger partial charge in [0.25, 0.3) is 0 Å². The number of amides is 2. The summed E-state index contributed by atoms with van der Waals surface area (Å²) in [6, 6.07) is 7.75. The van der Waals surface area contributed by atoms with Crippen LogP contribution in [0.2, 0.25) is 0 Å². The van der Waals surface area contributed by atoms with E-state index in [2.05, 4.69) is 35.6 Å². The van der Waals surface area contributed by atoms with Gasteiger partial charge in [-0.1, -0.05) is 32.0 Å². The van der Waals surface area contributed by atoms with Crippen molar-refractivity contribution in [2.75, 3.05) is 6.54 Å². The third-order valence-corrected chi connectivity index (χ3v) is 3.14. The van der Waals surface area contributed by atoms with Gasteiger partial charge in [-0.2, -0.15) is 0 Å². The van der Waals surface area contributed by atoms with Crippen LogP contribution in [0.25, 0.3) is 10.9 Å². The summed E-state index contributed by atoms with van der Waals surface area (Å²) in [5.74, 6) is 5.04. The minimum Gasteiger partial charge on any atom is -0.361 e. The average molecular weight is 246 g/mol. The second-order valence-electron chi connectivity index (χ2n) is 4.96. The Labute approximate surface area is 106 Å². The Bertz CT molecular complexity index is 559. The second kappa shape index (κ2) is 4.70. The predicted molar refractivity (Wildman–Crippen MR) is 72.0 cm³/mol. The lowest BCUT2D eigenvalue weighted by Crippen LogP contribution is -2.44. The van der Waals surface area contributed by atoms with E-state index in [-0.39, 0.29) is 11.4 Å². The highest BCUT2D eigenvalue weighted by molar-refractivity contribution is 5.84. The fourth-order valence-corrected chi connectivity index (χ4v) is 2.08. The smallest absolute Gasteiger partial charge is 0.328 e. The Hall–Kier alpha value is -2.01. The third-order valence-electron chi connectivity index (χ3n) is 3.14. The third kappa shape index (κ3) is 2.31. The number of hydrogen-bond acceptors (Lipinski definition) is 2. The number of nitrogens with one attached hydrogen (secondary N) is 3. The van der Waals surface area contributed by atoms with Crippen LogP contribution in [0.1, 0.15) is 19.4 Å². The molecule has 0 aliphatic carbocycles. The molecule has 0 saturated heterocycles. The topological polar surface area (TPSA) is 82.9 Å². The predicted octanol–water partition coefficient (Wildman–Crippen LogP) is 1.62. The van der Waals surface area contributed by atoms with Crippen molar-refractivity contribution in [2.45, 2.75) is 19.3 Å². The van der Waals surface area contributed by atoms with E-state index >= 15 is 0 Å². The quantitative estimate of drug-likeness (QED) is 0.377. The van der Waals surface area contributed by atoms with Gasteiger partial charge < -0.3 is 10.3 Å². The van der Waals surface area contributed by atoms with Crippen molar-refractivity contribution in [2.24, 2.45) is 5.84 Å². The lowest BCUT2D eigenvalue weighted by molar-refractivity contribution is 0.238. The van der Waals surface area contributed by atoms with Crippen LogP contribution in [0, 0.1) is 0 Å². The van der Waals surface area contributed by atoms with E-state index < -0.39 is 0 Å². The summed E-state index contributed by atoms with van der Waals surface area (Å²) in [7, 11) is 0. The fraction of sp³-hybridized carbons (Fsp3) is 0.308. The van der Waals surface area contributed by atoms with Crippen LogP contribution in [-0.2, 0) is 5.41 Å². The summed E-state index contributed by atoms with van der Waals surface area (Å²) in [4.78, 5) is 14.4. The van der Waals surface area contributed by atoms with Crippen LogP contribution in [0.5, 0.6) is 0 Å². The van der Waals surface area contributed by atoms with Crippen molar-refractivity contribution in [3.05, 3.63) is 36.0 Å². The van der Waals surface area contributed by atoms with Crippen LogP contribution in [0.3, 0.4) is 0 Å². The molecule has 0 spiro atoms. The Kier molecular flexibility index (Phi) is 3.25. The minimum atomic E-state index is -0.372. The van der Waals surface area contributed by atoms with E-state index in [1.165, 1.54) is 10.9 Å². The first-order chi connectivity index (χ1) is 8.54. The van der Waals surface area contributed by atoms with E-state index in [4.69, 9.17) is 5.84 Å². The number of nitrogens with two attached hydrogens (primary N) is 1. The van der Waals surface area contributed by atoms with E-state index in [1.54, 1.807) is 0 Å². The summed E-state index contributed by atoms with van der Waals surface area (Å²) in [5, 5.41) is 3.91. The molecular formula is C13H18N4O. The number of para-hydroxylation sites is 1. The van der Waals surface area contributed by atoms with Crippen molar-refractivity contribution in [3.8, 4) is 0 Å². The number of carbonyl (C=O) groups is 1. The summed E-state index contributed by atoms with van der Waals surface area (Å²) in [5.41, 5.74) is 4.16. The number of benzene rings is 1. The van der Waals surface area contributed by atoms with Gasteiger partial charge >= 0.3 is 6.03 Å². The zero-order chi connectivity index (χ0) is 13.2. The van der Waals surface area contributed by atoms with Crippen LogP contribution < -0.4 is 16.6 Å². The first-order valence-corrected chi connectivity index (χ1v) is 5.85. The van der Waals surface area contributed by atoms with Gasteiger partial charge in [-0.15, -0.1) is 0 Å². The average Bonchev–Trinajstić information content (AvgIpc) is 2.80. The molecular weight excluding hydrogens is 228 g/mol. The van der Waals surface area contributed by atoms with Crippen LogP contribution >= 0.6 is 0 Å². The van der Waals surface area contributed by atoms with Crippen LogP contribution in [0.15, 0.2) is 30.5 Å². The number of aromatic nitrogens is 1. The molecule has 0 aliphatic heterocycles. The number of urea groups is 1. The molecule has 18 heavy (non-hydrogen) atoms. The Morgan fingerprint density at radius 2 is 2.11 bits per heavy atom. The number of rotatable bonds is 3. The van der Waals surface area contributed by atoms with E-state index in [9.17, 15) is 4.79 Å². The number of fused-ring (bicyclic) bond motifs is 1. The highest BCUT2D eigenvalue weighted by Gasteiger charge is 2.24. The van der Waals surface area contributed by atoms with Gasteiger partial charge in [0.15, 0.2) is 0 Å². The Balaban J connectivity index is 2.26. The standard InChI is InChI=1S/C13H18N4O/c1-13(2,8-16-12(18)17-14)10-7-15-11-6-4-3-5-9(10)11/h3-7,15H,8,14H2,1-2H3,(H2,16,17,18). The number of hydrazine groups is 1. The highest BCUT2D eigenvalue weighted by Crippen LogP contribution is 2.29. The first-order valence-electron chi connectivity index (χ1n) is 5.85. The van der Waals surface area contributed by atoms with Crippen LogP contribution in [0.4, 0.5) is 4.79 Å². The molecule has 2 rings (SSSR count). The SMILES string of the molecule is CC(C)(CNC(=O)NN)c1c[nH]c2ccccc12. The fourth-order valence-electron chi connectivity index (χ4n) is 2.08. The summed E-state index contributed by atoms with van der Waals surface area (Å²) < 4.78 is 0. The van der Waals surface area contributed by atoms with E-state index in [1.807, 2.05) is 24.4 Å². The van der Waals surface area contributed by atoms with Crippen molar-refractivity contribution in [3.63, 3.8) is 0 Å². The van der Waals surface area contributed by atoms with Crippen LogP contribution in [-0.4, -0.2) is 17.6 Å². The van der Waals surface area contributed by atoms with Gasteiger partial charge in [-0.05, 0) is 11.6 Å². The molecule has 0 aliphatic rings. The van der Waals surface area contributed by atoms with Gasteiger partial charge in [-0.25, -0.2) is 10.6 Å². The van der Waals surface area contributed by atoms with Crippen molar-refractivity contribution < 1.29 is 4.79 Å². The molecule has 5 heteroatoms.